The zero-order valence-electron chi connectivity index (χ0n) is 13.0. The highest BCUT2D eigenvalue weighted by molar-refractivity contribution is 5.51. The molecule has 0 aliphatic carbocycles. The molecule has 0 radical (unpaired) electrons. The van der Waals surface area contributed by atoms with Gasteiger partial charge in [-0.3, -0.25) is 0 Å². The Morgan fingerprint density at radius 1 is 1.05 bits per heavy atom. The molecule has 3 nitrogen and oxygen atoms in total. The molecule has 3 heteroatoms. The van der Waals surface area contributed by atoms with Crippen molar-refractivity contribution in [2.24, 2.45) is 0 Å². The molecule has 21 heavy (non-hydrogen) atoms. The van der Waals surface area contributed by atoms with Crippen LogP contribution in [0.1, 0.15) is 16.7 Å². The van der Waals surface area contributed by atoms with E-state index in [9.17, 15) is 0 Å². The van der Waals surface area contributed by atoms with Crippen molar-refractivity contribution in [3.05, 3.63) is 59.2 Å². The Balaban J connectivity index is 2.04. The summed E-state index contributed by atoms with van der Waals surface area (Å²) in [4.78, 5) is 0. The molecular formula is C18H23NO2. The summed E-state index contributed by atoms with van der Waals surface area (Å²) in [6.07, 6.45) is 0.918. The number of methoxy groups -OCH3 is 2. The number of hydrogen-bond donors (Lipinski definition) is 1. The van der Waals surface area contributed by atoms with Crippen molar-refractivity contribution in [2.75, 3.05) is 26.1 Å². The fourth-order valence-electron chi connectivity index (χ4n) is 2.37. The van der Waals surface area contributed by atoms with E-state index < -0.39 is 0 Å². The fourth-order valence-corrected chi connectivity index (χ4v) is 2.37. The van der Waals surface area contributed by atoms with Crippen molar-refractivity contribution in [3.8, 4) is 5.75 Å². The number of nitrogens with one attached hydrogen (secondary N) is 1. The summed E-state index contributed by atoms with van der Waals surface area (Å²) < 4.78 is 10.5. The molecule has 0 bridgehead atoms. The first kappa shape index (κ1) is 15.4. The van der Waals surface area contributed by atoms with Crippen LogP contribution in [0.3, 0.4) is 0 Å². The topological polar surface area (TPSA) is 30.5 Å². The van der Waals surface area contributed by atoms with Gasteiger partial charge in [0.25, 0.3) is 0 Å². The van der Waals surface area contributed by atoms with E-state index in [4.69, 9.17) is 9.47 Å². The molecule has 0 saturated heterocycles. The maximum atomic E-state index is 5.29. The average Bonchev–Trinajstić information content (AvgIpc) is 2.52. The van der Waals surface area contributed by atoms with Gasteiger partial charge in [-0.15, -0.1) is 0 Å². The summed E-state index contributed by atoms with van der Waals surface area (Å²) in [5.74, 6) is 0.930. The lowest BCUT2D eigenvalue weighted by Crippen LogP contribution is -2.04. The van der Waals surface area contributed by atoms with Gasteiger partial charge in [-0.05, 0) is 42.2 Å². The lowest BCUT2D eigenvalue weighted by Gasteiger charge is -2.13. The second-order valence-electron chi connectivity index (χ2n) is 5.06. The molecule has 0 spiro atoms. The van der Waals surface area contributed by atoms with E-state index in [0.717, 1.165) is 30.9 Å². The van der Waals surface area contributed by atoms with Gasteiger partial charge in [-0.1, -0.05) is 30.3 Å². The number of rotatable bonds is 7. The van der Waals surface area contributed by atoms with Crippen LogP contribution in [0.5, 0.6) is 5.75 Å². The zero-order chi connectivity index (χ0) is 15.1. The Morgan fingerprint density at radius 2 is 1.86 bits per heavy atom. The van der Waals surface area contributed by atoms with E-state index in [-0.39, 0.29) is 0 Å². The highest BCUT2D eigenvalue weighted by Gasteiger charge is 2.03. The quantitative estimate of drug-likeness (QED) is 0.839. The molecule has 0 amide bonds. The Morgan fingerprint density at radius 3 is 2.57 bits per heavy atom. The lowest BCUT2D eigenvalue weighted by molar-refractivity contribution is 0.202. The van der Waals surface area contributed by atoms with Crippen LogP contribution < -0.4 is 10.1 Å². The Bertz CT molecular complexity index is 581. The third kappa shape index (κ3) is 4.23. The minimum Gasteiger partial charge on any atom is -0.496 e. The first-order chi connectivity index (χ1) is 10.2. The fraction of sp³-hybridized carbons (Fsp3) is 0.333. The van der Waals surface area contributed by atoms with Crippen LogP contribution in [-0.4, -0.2) is 20.8 Å². The predicted octanol–water partition coefficient (Wildman–Crippen LogP) is 3.80. The molecule has 0 aliphatic rings. The molecule has 2 aromatic rings. The summed E-state index contributed by atoms with van der Waals surface area (Å²) in [6, 6.07) is 14.6. The summed E-state index contributed by atoms with van der Waals surface area (Å²) in [6.45, 7) is 3.60. The van der Waals surface area contributed by atoms with Crippen molar-refractivity contribution < 1.29 is 9.47 Å². The monoisotopic (exact) mass is 285 g/mol. The standard InChI is InChI=1S/C18H23NO2/c1-14-12-15(8-9-18(14)21-3)13-19-17-7-5-4-6-16(17)10-11-20-2/h4-9,12,19H,10-11,13H2,1-3H3. The molecule has 112 valence electrons. The molecule has 0 atom stereocenters. The predicted molar refractivity (Wildman–Crippen MR) is 87.1 cm³/mol. The maximum absolute atomic E-state index is 5.29. The third-order valence-electron chi connectivity index (χ3n) is 3.54. The molecule has 2 rings (SSSR count). The molecule has 0 unspecified atom stereocenters. The molecule has 0 aromatic heterocycles. The summed E-state index contributed by atoms with van der Waals surface area (Å²) in [7, 11) is 3.43. The van der Waals surface area contributed by atoms with Crippen LogP contribution in [0.15, 0.2) is 42.5 Å². The normalized spacial score (nSPS) is 10.4. The first-order valence-electron chi connectivity index (χ1n) is 7.19. The van der Waals surface area contributed by atoms with Crippen LogP contribution in [0.25, 0.3) is 0 Å². The van der Waals surface area contributed by atoms with Crippen LogP contribution in [0.4, 0.5) is 5.69 Å². The van der Waals surface area contributed by atoms with Crippen LogP contribution in [0.2, 0.25) is 0 Å². The van der Waals surface area contributed by atoms with E-state index in [0.29, 0.717) is 0 Å². The van der Waals surface area contributed by atoms with E-state index in [1.54, 1.807) is 14.2 Å². The minimum absolute atomic E-state index is 0.736. The second-order valence-corrected chi connectivity index (χ2v) is 5.06. The van der Waals surface area contributed by atoms with Crippen molar-refractivity contribution in [3.63, 3.8) is 0 Å². The SMILES string of the molecule is COCCc1ccccc1NCc1ccc(OC)c(C)c1. The van der Waals surface area contributed by atoms with Crippen molar-refractivity contribution >= 4 is 5.69 Å². The van der Waals surface area contributed by atoms with Crippen molar-refractivity contribution in [2.45, 2.75) is 19.9 Å². The van der Waals surface area contributed by atoms with Crippen molar-refractivity contribution in [1.82, 2.24) is 0 Å². The van der Waals surface area contributed by atoms with Gasteiger partial charge < -0.3 is 14.8 Å². The maximum Gasteiger partial charge on any atom is 0.121 e. The highest BCUT2D eigenvalue weighted by atomic mass is 16.5. The summed E-state index contributed by atoms with van der Waals surface area (Å²) >= 11 is 0. The third-order valence-corrected chi connectivity index (χ3v) is 3.54. The van der Waals surface area contributed by atoms with Gasteiger partial charge >= 0.3 is 0 Å². The van der Waals surface area contributed by atoms with Gasteiger partial charge in [0, 0.05) is 19.3 Å². The first-order valence-corrected chi connectivity index (χ1v) is 7.19. The Kier molecular flexibility index (Phi) is 5.64. The average molecular weight is 285 g/mol. The summed E-state index contributed by atoms with van der Waals surface area (Å²) in [5, 5.41) is 3.51. The van der Waals surface area contributed by atoms with Gasteiger partial charge in [-0.25, -0.2) is 0 Å². The number of benzene rings is 2. The van der Waals surface area contributed by atoms with Gasteiger partial charge in [0.15, 0.2) is 0 Å². The van der Waals surface area contributed by atoms with E-state index in [1.807, 2.05) is 6.07 Å². The zero-order valence-corrected chi connectivity index (χ0v) is 13.0. The summed E-state index contributed by atoms with van der Waals surface area (Å²) in [5.41, 5.74) is 4.85. The number of hydrogen-bond acceptors (Lipinski definition) is 3. The molecule has 0 heterocycles. The Hall–Kier alpha value is -2.00. The second kappa shape index (κ2) is 7.70. The lowest BCUT2D eigenvalue weighted by atomic mass is 10.1. The molecular weight excluding hydrogens is 262 g/mol. The number of aryl methyl sites for hydroxylation is 1. The smallest absolute Gasteiger partial charge is 0.121 e. The van der Waals surface area contributed by atoms with E-state index in [1.165, 1.54) is 16.8 Å². The molecule has 0 aliphatic heterocycles. The molecule has 0 saturated carbocycles. The minimum atomic E-state index is 0.736. The molecule has 1 N–H and O–H groups in total. The van der Waals surface area contributed by atoms with Crippen LogP contribution in [0, 0.1) is 6.92 Å². The van der Waals surface area contributed by atoms with Gasteiger partial charge in [-0.2, -0.15) is 0 Å². The van der Waals surface area contributed by atoms with Crippen LogP contribution in [-0.2, 0) is 17.7 Å². The van der Waals surface area contributed by atoms with E-state index in [2.05, 4.69) is 48.6 Å². The van der Waals surface area contributed by atoms with Gasteiger partial charge in [0.2, 0.25) is 0 Å². The molecule has 0 fully saturated rings. The Labute approximate surface area is 126 Å². The van der Waals surface area contributed by atoms with Crippen molar-refractivity contribution in [1.29, 1.82) is 0 Å². The van der Waals surface area contributed by atoms with Gasteiger partial charge in [0.05, 0.1) is 13.7 Å². The largest absolute Gasteiger partial charge is 0.496 e. The van der Waals surface area contributed by atoms with Gasteiger partial charge in [0.1, 0.15) is 5.75 Å². The number of para-hydroxylation sites is 1. The highest BCUT2D eigenvalue weighted by Crippen LogP contribution is 2.20. The molecule has 2 aromatic carbocycles. The van der Waals surface area contributed by atoms with E-state index >= 15 is 0 Å². The number of ether oxygens (including phenoxy) is 2. The van der Waals surface area contributed by atoms with Crippen LogP contribution >= 0.6 is 0 Å². The number of anilines is 1.